The molecule has 1 aliphatic heterocycles. The Balaban J connectivity index is 1.98. The van der Waals surface area contributed by atoms with Crippen LogP contribution in [0.25, 0.3) is 0 Å². The second-order valence-electron chi connectivity index (χ2n) is 5.50. The second kappa shape index (κ2) is 5.68. The topological polar surface area (TPSA) is 96.0 Å². The molecule has 6 nitrogen and oxygen atoms in total. The standard InChI is InChI=1S/C16H17N3O3S/c1-11-10-15(14-4-2-3-5-16(14)20)19(18-11)12-6-8-13(9-7-12)23(17,21)22/h2-9,15,20H,10H2,1H3,(H2,17,21,22). The zero-order chi connectivity index (χ0) is 16.6. The number of phenolic OH excluding ortho intramolecular Hbond substituents is 1. The molecular formula is C16H17N3O3S. The normalized spacial score (nSPS) is 18.1. The number of hydrazone groups is 1. The molecule has 1 aliphatic rings. The average molecular weight is 331 g/mol. The van der Waals surface area contributed by atoms with Crippen molar-refractivity contribution in [2.24, 2.45) is 10.2 Å². The molecule has 0 saturated carbocycles. The van der Waals surface area contributed by atoms with Crippen LogP contribution in [0.1, 0.15) is 24.9 Å². The smallest absolute Gasteiger partial charge is 0.238 e. The number of primary sulfonamides is 1. The molecule has 23 heavy (non-hydrogen) atoms. The molecule has 1 heterocycles. The Morgan fingerprint density at radius 1 is 1.17 bits per heavy atom. The highest BCUT2D eigenvalue weighted by Gasteiger charge is 2.29. The molecule has 120 valence electrons. The van der Waals surface area contributed by atoms with E-state index in [1.54, 1.807) is 29.3 Å². The SMILES string of the molecule is CC1=NN(c2ccc(S(N)(=O)=O)cc2)C(c2ccccc2O)C1. The highest BCUT2D eigenvalue weighted by atomic mass is 32.2. The van der Waals surface area contributed by atoms with Gasteiger partial charge in [-0.2, -0.15) is 5.10 Å². The third-order valence-electron chi connectivity index (χ3n) is 3.79. The van der Waals surface area contributed by atoms with Gasteiger partial charge in [0.1, 0.15) is 5.75 Å². The van der Waals surface area contributed by atoms with Gasteiger partial charge in [0.2, 0.25) is 10.0 Å². The van der Waals surface area contributed by atoms with Crippen LogP contribution >= 0.6 is 0 Å². The van der Waals surface area contributed by atoms with E-state index in [1.165, 1.54) is 12.1 Å². The van der Waals surface area contributed by atoms with Gasteiger partial charge in [0.15, 0.2) is 0 Å². The highest BCUT2D eigenvalue weighted by Crippen LogP contribution is 2.38. The van der Waals surface area contributed by atoms with Crippen LogP contribution < -0.4 is 10.1 Å². The first-order valence-corrected chi connectivity index (χ1v) is 8.65. The van der Waals surface area contributed by atoms with Gasteiger partial charge in [-0.05, 0) is 37.3 Å². The van der Waals surface area contributed by atoms with Crippen molar-refractivity contribution in [1.29, 1.82) is 0 Å². The fourth-order valence-corrected chi connectivity index (χ4v) is 3.21. The van der Waals surface area contributed by atoms with Crippen LogP contribution in [0.4, 0.5) is 5.69 Å². The van der Waals surface area contributed by atoms with Crippen molar-refractivity contribution in [2.45, 2.75) is 24.3 Å². The largest absolute Gasteiger partial charge is 0.508 e. The summed E-state index contributed by atoms with van der Waals surface area (Å²) in [6.45, 7) is 1.92. The number of nitrogens with two attached hydrogens (primary N) is 1. The maximum Gasteiger partial charge on any atom is 0.238 e. The third kappa shape index (κ3) is 3.06. The van der Waals surface area contributed by atoms with Gasteiger partial charge in [0, 0.05) is 17.7 Å². The quantitative estimate of drug-likeness (QED) is 0.902. The van der Waals surface area contributed by atoms with Crippen LogP contribution in [-0.2, 0) is 10.0 Å². The number of hydrogen-bond acceptors (Lipinski definition) is 5. The zero-order valence-electron chi connectivity index (χ0n) is 12.5. The zero-order valence-corrected chi connectivity index (χ0v) is 13.4. The average Bonchev–Trinajstić information content (AvgIpc) is 2.89. The second-order valence-corrected chi connectivity index (χ2v) is 7.06. The first kappa shape index (κ1) is 15.5. The molecule has 0 fully saturated rings. The Morgan fingerprint density at radius 3 is 2.43 bits per heavy atom. The molecule has 0 amide bonds. The predicted molar refractivity (Wildman–Crippen MR) is 88.9 cm³/mol. The van der Waals surface area contributed by atoms with E-state index in [0.717, 1.165) is 17.0 Å². The minimum Gasteiger partial charge on any atom is -0.508 e. The summed E-state index contributed by atoms with van der Waals surface area (Å²) in [7, 11) is -3.72. The number of nitrogens with zero attached hydrogens (tertiary/aromatic N) is 2. The Hall–Kier alpha value is -2.38. The molecular weight excluding hydrogens is 314 g/mol. The molecule has 3 rings (SSSR count). The lowest BCUT2D eigenvalue weighted by Crippen LogP contribution is -2.19. The summed E-state index contributed by atoms with van der Waals surface area (Å²) >= 11 is 0. The first-order valence-electron chi connectivity index (χ1n) is 7.10. The van der Waals surface area contributed by atoms with Crippen LogP contribution in [0.3, 0.4) is 0 Å². The van der Waals surface area contributed by atoms with Gasteiger partial charge >= 0.3 is 0 Å². The fourth-order valence-electron chi connectivity index (χ4n) is 2.70. The summed E-state index contributed by atoms with van der Waals surface area (Å²) in [5.74, 6) is 0.216. The number of rotatable bonds is 3. The van der Waals surface area contributed by atoms with Crippen molar-refractivity contribution in [2.75, 3.05) is 5.01 Å². The number of aromatic hydroxyl groups is 1. The van der Waals surface area contributed by atoms with Gasteiger partial charge in [-0.15, -0.1) is 0 Å². The van der Waals surface area contributed by atoms with Crippen molar-refractivity contribution < 1.29 is 13.5 Å². The van der Waals surface area contributed by atoms with Crippen LogP contribution in [0.15, 0.2) is 58.5 Å². The van der Waals surface area contributed by atoms with Crippen molar-refractivity contribution in [3.63, 3.8) is 0 Å². The summed E-state index contributed by atoms with van der Waals surface area (Å²) in [6, 6.07) is 13.2. The Labute approximate surface area is 134 Å². The molecule has 0 aromatic heterocycles. The van der Waals surface area contributed by atoms with Gasteiger partial charge in [0.05, 0.1) is 16.6 Å². The van der Waals surface area contributed by atoms with Gasteiger partial charge in [-0.25, -0.2) is 13.6 Å². The number of para-hydroxylation sites is 1. The maximum atomic E-state index is 11.4. The van der Waals surface area contributed by atoms with Crippen molar-refractivity contribution in [3.05, 3.63) is 54.1 Å². The summed E-state index contributed by atoms with van der Waals surface area (Å²) < 4.78 is 22.7. The molecule has 3 N–H and O–H groups in total. The molecule has 2 aromatic rings. The van der Waals surface area contributed by atoms with Gasteiger partial charge in [-0.1, -0.05) is 18.2 Å². The summed E-state index contributed by atoms with van der Waals surface area (Å²) in [5.41, 5.74) is 2.46. The minimum atomic E-state index is -3.72. The number of sulfonamides is 1. The van der Waals surface area contributed by atoms with E-state index in [-0.39, 0.29) is 16.7 Å². The summed E-state index contributed by atoms with van der Waals surface area (Å²) in [4.78, 5) is 0.0558. The fraction of sp³-hybridized carbons (Fsp3) is 0.188. The Bertz CT molecular complexity index is 860. The highest BCUT2D eigenvalue weighted by molar-refractivity contribution is 7.89. The lowest BCUT2D eigenvalue weighted by Gasteiger charge is -2.24. The molecule has 0 spiro atoms. The number of anilines is 1. The lowest BCUT2D eigenvalue weighted by molar-refractivity contribution is 0.461. The van der Waals surface area contributed by atoms with E-state index in [0.29, 0.717) is 6.42 Å². The summed E-state index contributed by atoms with van der Waals surface area (Å²) in [6.07, 6.45) is 0.689. The van der Waals surface area contributed by atoms with Crippen molar-refractivity contribution in [3.8, 4) is 5.75 Å². The Kier molecular flexibility index (Phi) is 3.83. The van der Waals surface area contributed by atoms with Gasteiger partial charge < -0.3 is 5.11 Å². The van der Waals surface area contributed by atoms with Gasteiger partial charge in [0.25, 0.3) is 0 Å². The monoisotopic (exact) mass is 331 g/mol. The van der Waals surface area contributed by atoms with E-state index in [9.17, 15) is 13.5 Å². The molecule has 1 unspecified atom stereocenters. The molecule has 7 heteroatoms. The number of hydrogen-bond donors (Lipinski definition) is 2. The molecule has 1 atom stereocenters. The number of phenols is 1. The van der Waals surface area contributed by atoms with Gasteiger partial charge in [-0.3, -0.25) is 5.01 Å². The van der Waals surface area contributed by atoms with Crippen molar-refractivity contribution in [1.82, 2.24) is 0 Å². The van der Waals surface area contributed by atoms with Crippen molar-refractivity contribution >= 4 is 21.4 Å². The van der Waals surface area contributed by atoms with Crippen LogP contribution in [0, 0.1) is 0 Å². The Morgan fingerprint density at radius 2 is 1.83 bits per heavy atom. The summed E-state index contributed by atoms with van der Waals surface area (Å²) in [5, 5.41) is 21.5. The van der Waals surface area contributed by atoms with E-state index >= 15 is 0 Å². The molecule has 0 aliphatic carbocycles. The molecule has 0 bridgehead atoms. The first-order chi connectivity index (χ1) is 10.9. The van der Waals surface area contributed by atoms with Crippen LogP contribution in [0.5, 0.6) is 5.75 Å². The third-order valence-corrected chi connectivity index (χ3v) is 4.72. The molecule has 0 radical (unpaired) electrons. The van der Waals surface area contributed by atoms with Crippen LogP contribution in [-0.4, -0.2) is 19.2 Å². The molecule has 0 saturated heterocycles. The van der Waals surface area contributed by atoms with E-state index in [4.69, 9.17) is 5.14 Å². The minimum absolute atomic E-state index is 0.0558. The predicted octanol–water partition coefficient (Wildman–Crippen LogP) is 2.37. The molecule has 2 aromatic carbocycles. The maximum absolute atomic E-state index is 11.4. The van der Waals surface area contributed by atoms with E-state index in [2.05, 4.69) is 5.10 Å². The lowest BCUT2D eigenvalue weighted by atomic mass is 10.0. The van der Waals surface area contributed by atoms with E-state index < -0.39 is 10.0 Å². The number of benzene rings is 2. The van der Waals surface area contributed by atoms with Crippen LogP contribution in [0.2, 0.25) is 0 Å². The van der Waals surface area contributed by atoms with E-state index in [1.807, 2.05) is 19.1 Å².